The molecule has 1 amide bonds. The van der Waals surface area contributed by atoms with Crippen LogP contribution in [0, 0.1) is 5.92 Å². The number of halogens is 3. The van der Waals surface area contributed by atoms with Gasteiger partial charge in [-0.25, -0.2) is 9.78 Å². The maximum Gasteiger partial charge on any atom is 0.359 e. The van der Waals surface area contributed by atoms with Gasteiger partial charge in [-0.2, -0.15) is 0 Å². The number of amides is 1. The van der Waals surface area contributed by atoms with Gasteiger partial charge in [-0.1, -0.05) is 34.8 Å². The van der Waals surface area contributed by atoms with Crippen LogP contribution >= 0.6 is 34.8 Å². The second-order valence-corrected chi connectivity index (χ2v) is 6.50. The van der Waals surface area contributed by atoms with Gasteiger partial charge < -0.3 is 14.4 Å². The average molecular weight is 410 g/mol. The summed E-state index contributed by atoms with van der Waals surface area (Å²) in [5.41, 5.74) is -0.215. The zero-order valence-electron chi connectivity index (χ0n) is 13.3. The molecule has 0 atom stereocenters. The van der Waals surface area contributed by atoms with Crippen LogP contribution in [0.1, 0.15) is 23.3 Å². The molecule has 10 heteroatoms. The second kappa shape index (κ2) is 8.69. The third kappa shape index (κ3) is 4.74. The van der Waals surface area contributed by atoms with Crippen molar-refractivity contribution in [2.75, 3.05) is 26.8 Å². The van der Waals surface area contributed by atoms with Crippen molar-refractivity contribution in [2.45, 2.75) is 12.8 Å². The van der Waals surface area contributed by atoms with Crippen molar-refractivity contribution in [1.82, 2.24) is 9.88 Å². The van der Waals surface area contributed by atoms with Crippen molar-refractivity contribution in [1.29, 1.82) is 0 Å². The highest BCUT2D eigenvalue weighted by molar-refractivity contribution is 6.48. The summed E-state index contributed by atoms with van der Waals surface area (Å²) < 4.78 is 9.64. The summed E-state index contributed by atoms with van der Waals surface area (Å²) >= 11 is 17.5. The van der Waals surface area contributed by atoms with E-state index in [2.05, 4.69) is 4.98 Å². The summed E-state index contributed by atoms with van der Waals surface area (Å²) in [6.07, 6.45) is 2.19. The minimum Gasteiger partial charge on any atom is -0.469 e. The number of rotatable bonds is 4. The Morgan fingerprint density at radius 3 is 2.44 bits per heavy atom. The van der Waals surface area contributed by atoms with E-state index in [0.717, 1.165) is 0 Å². The van der Waals surface area contributed by atoms with E-state index in [1.165, 1.54) is 18.2 Å². The number of methoxy groups -OCH3 is 1. The van der Waals surface area contributed by atoms with E-state index in [1.54, 1.807) is 0 Å². The number of hydrogen-bond acceptors (Lipinski definition) is 6. The third-order valence-electron chi connectivity index (χ3n) is 3.82. The number of pyridine rings is 1. The van der Waals surface area contributed by atoms with Crippen LogP contribution in [-0.2, 0) is 19.1 Å². The van der Waals surface area contributed by atoms with E-state index in [0.29, 0.717) is 25.9 Å². The van der Waals surface area contributed by atoms with Crippen molar-refractivity contribution < 1.29 is 23.9 Å². The number of hydrogen-bond donors (Lipinski definition) is 0. The van der Waals surface area contributed by atoms with E-state index in [-0.39, 0.29) is 38.6 Å². The fraction of sp³-hybridized carbons (Fsp3) is 0.467. The van der Waals surface area contributed by atoms with Gasteiger partial charge in [0.05, 0.1) is 28.1 Å². The molecule has 1 aromatic heterocycles. The number of aromatic nitrogens is 1. The quantitative estimate of drug-likeness (QED) is 0.711. The van der Waals surface area contributed by atoms with Gasteiger partial charge in [0.15, 0.2) is 12.3 Å². The van der Waals surface area contributed by atoms with Crippen molar-refractivity contribution in [2.24, 2.45) is 5.92 Å². The third-order valence-corrected chi connectivity index (χ3v) is 5.06. The molecule has 0 spiro atoms. The lowest BCUT2D eigenvalue weighted by atomic mass is 9.97. The minimum atomic E-state index is -0.874. The van der Waals surface area contributed by atoms with Crippen LogP contribution in [0.3, 0.4) is 0 Å². The molecule has 1 fully saturated rings. The summed E-state index contributed by atoms with van der Waals surface area (Å²) in [6, 6.07) is 0. The maximum absolute atomic E-state index is 12.1. The molecule has 0 aromatic carbocycles. The number of piperidine rings is 1. The SMILES string of the molecule is COC(=O)C1CCN(C(=O)COC(=O)c2ncc(Cl)c(Cl)c2Cl)CC1. The van der Waals surface area contributed by atoms with Gasteiger partial charge in [-0.05, 0) is 12.8 Å². The highest BCUT2D eigenvalue weighted by atomic mass is 35.5. The van der Waals surface area contributed by atoms with Gasteiger partial charge in [0.25, 0.3) is 5.91 Å². The van der Waals surface area contributed by atoms with Crippen LogP contribution in [0.4, 0.5) is 0 Å². The van der Waals surface area contributed by atoms with Crippen molar-refractivity contribution in [3.63, 3.8) is 0 Å². The lowest BCUT2D eigenvalue weighted by molar-refractivity contribution is -0.149. The molecule has 7 nitrogen and oxygen atoms in total. The van der Waals surface area contributed by atoms with Crippen LogP contribution in [0.15, 0.2) is 6.20 Å². The fourth-order valence-electron chi connectivity index (χ4n) is 2.40. The molecular formula is C15H15Cl3N2O5. The number of carbonyl (C=O) groups is 3. The van der Waals surface area contributed by atoms with Gasteiger partial charge >= 0.3 is 11.9 Å². The number of esters is 2. The fourth-order valence-corrected chi connectivity index (χ4v) is 2.96. The Morgan fingerprint density at radius 2 is 1.84 bits per heavy atom. The molecule has 0 N–H and O–H groups in total. The van der Waals surface area contributed by atoms with E-state index in [1.807, 2.05) is 0 Å². The molecule has 0 unspecified atom stereocenters. The Labute approximate surface area is 159 Å². The molecule has 1 aromatic rings. The molecule has 25 heavy (non-hydrogen) atoms. The predicted octanol–water partition coefficient (Wildman–Crippen LogP) is 2.61. The molecule has 136 valence electrons. The summed E-state index contributed by atoms with van der Waals surface area (Å²) in [5.74, 6) is -1.73. The van der Waals surface area contributed by atoms with Crippen LogP contribution in [0.25, 0.3) is 0 Å². The Bertz CT molecular complexity index is 690. The van der Waals surface area contributed by atoms with Crippen LogP contribution in [0.5, 0.6) is 0 Å². The normalized spacial score (nSPS) is 15.0. The zero-order valence-corrected chi connectivity index (χ0v) is 15.5. The van der Waals surface area contributed by atoms with E-state index in [9.17, 15) is 14.4 Å². The Kier molecular flexibility index (Phi) is 6.87. The first-order chi connectivity index (χ1) is 11.8. The van der Waals surface area contributed by atoms with Gasteiger partial charge in [0, 0.05) is 19.3 Å². The van der Waals surface area contributed by atoms with E-state index >= 15 is 0 Å². The summed E-state index contributed by atoms with van der Waals surface area (Å²) in [7, 11) is 1.33. The first kappa shape index (κ1) is 19.8. The molecule has 2 rings (SSSR count). The molecule has 1 saturated heterocycles. The smallest absolute Gasteiger partial charge is 0.359 e. The molecule has 2 heterocycles. The second-order valence-electron chi connectivity index (χ2n) is 5.34. The van der Waals surface area contributed by atoms with Gasteiger partial charge in [0.1, 0.15) is 0 Å². The maximum atomic E-state index is 12.1. The Hall–Kier alpha value is -1.57. The van der Waals surface area contributed by atoms with Crippen LogP contribution in [-0.4, -0.2) is 54.5 Å². The minimum absolute atomic E-state index is 0.0125. The molecule has 0 radical (unpaired) electrons. The van der Waals surface area contributed by atoms with E-state index < -0.39 is 12.6 Å². The summed E-state index contributed by atoms with van der Waals surface area (Å²) in [4.78, 5) is 40.9. The van der Waals surface area contributed by atoms with Crippen molar-refractivity contribution in [3.8, 4) is 0 Å². The highest BCUT2D eigenvalue weighted by Gasteiger charge is 2.28. The lowest BCUT2D eigenvalue weighted by Crippen LogP contribution is -2.42. The Balaban J connectivity index is 1.87. The average Bonchev–Trinajstić information content (AvgIpc) is 2.63. The van der Waals surface area contributed by atoms with Crippen LogP contribution in [0.2, 0.25) is 15.1 Å². The molecule has 0 aliphatic carbocycles. The first-order valence-corrected chi connectivity index (χ1v) is 8.50. The topological polar surface area (TPSA) is 85.8 Å². The number of ether oxygens (including phenoxy) is 2. The van der Waals surface area contributed by atoms with Crippen LogP contribution < -0.4 is 0 Å². The standard InChI is InChI=1S/C15H15Cl3N2O5/c1-24-14(22)8-2-4-20(5-3-8)10(21)7-25-15(23)13-12(18)11(17)9(16)6-19-13/h6,8H,2-5,7H2,1H3. The largest absolute Gasteiger partial charge is 0.469 e. The van der Waals surface area contributed by atoms with Crippen molar-refractivity contribution >= 4 is 52.6 Å². The van der Waals surface area contributed by atoms with Crippen molar-refractivity contribution in [3.05, 3.63) is 27.0 Å². The molecule has 0 saturated carbocycles. The highest BCUT2D eigenvalue weighted by Crippen LogP contribution is 2.31. The van der Waals surface area contributed by atoms with E-state index in [4.69, 9.17) is 44.3 Å². The van der Waals surface area contributed by atoms with Gasteiger partial charge in [0.2, 0.25) is 0 Å². The van der Waals surface area contributed by atoms with Gasteiger partial charge in [-0.15, -0.1) is 0 Å². The number of carbonyl (C=O) groups excluding carboxylic acids is 3. The lowest BCUT2D eigenvalue weighted by Gasteiger charge is -2.30. The Morgan fingerprint density at radius 1 is 1.20 bits per heavy atom. The summed E-state index contributed by atoms with van der Waals surface area (Å²) in [5, 5.41) is -0.0419. The predicted molar refractivity (Wildman–Crippen MR) is 90.9 cm³/mol. The number of likely N-dealkylation sites (tertiary alicyclic amines) is 1. The molecule has 0 bridgehead atoms. The monoisotopic (exact) mass is 408 g/mol. The first-order valence-electron chi connectivity index (χ1n) is 7.37. The number of nitrogens with zero attached hydrogens (tertiary/aromatic N) is 2. The molecular weight excluding hydrogens is 395 g/mol. The summed E-state index contributed by atoms with van der Waals surface area (Å²) in [6.45, 7) is 0.323. The van der Waals surface area contributed by atoms with Gasteiger partial charge in [-0.3, -0.25) is 9.59 Å². The molecule has 1 aliphatic rings. The zero-order chi connectivity index (χ0) is 18.6. The molecule has 1 aliphatic heterocycles.